The second-order valence-corrected chi connectivity index (χ2v) is 6.04. The van der Waals surface area contributed by atoms with Crippen LogP contribution >= 0.6 is 0 Å². The molecule has 0 saturated carbocycles. The molecule has 1 aromatic carbocycles. The minimum atomic E-state index is -0.125. The molecule has 6 nitrogen and oxygen atoms in total. The molecule has 3 rings (SSSR count). The molecule has 2 heterocycles. The van der Waals surface area contributed by atoms with Crippen LogP contribution in [0.25, 0.3) is 10.9 Å². The van der Waals surface area contributed by atoms with Gasteiger partial charge in [0.05, 0.1) is 17.2 Å². The van der Waals surface area contributed by atoms with Crippen LogP contribution in [0.1, 0.15) is 16.8 Å². The maximum Gasteiger partial charge on any atom is 0.255 e. The third-order valence-electron chi connectivity index (χ3n) is 4.53. The zero-order valence-electron chi connectivity index (χ0n) is 13.9. The summed E-state index contributed by atoms with van der Waals surface area (Å²) in [6.45, 7) is 1.00. The van der Waals surface area contributed by atoms with Gasteiger partial charge < -0.3 is 15.0 Å². The van der Waals surface area contributed by atoms with E-state index in [1.54, 1.807) is 25.3 Å². The van der Waals surface area contributed by atoms with E-state index in [1.807, 2.05) is 30.3 Å². The highest BCUT2D eigenvalue weighted by atomic mass is 16.5. The van der Waals surface area contributed by atoms with Crippen molar-refractivity contribution in [3.05, 3.63) is 42.1 Å². The number of para-hydroxylation sites is 1. The van der Waals surface area contributed by atoms with Crippen LogP contribution in [0.2, 0.25) is 0 Å². The molecule has 0 unspecified atom stereocenters. The van der Waals surface area contributed by atoms with Crippen LogP contribution in [0.15, 0.2) is 36.5 Å². The van der Waals surface area contributed by atoms with Gasteiger partial charge in [-0.3, -0.25) is 14.6 Å². The normalized spacial score (nSPS) is 20.3. The Labute approximate surface area is 140 Å². The average molecular weight is 327 g/mol. The maximum atomic E-state index is 12.8. The monoisotopic (exact) mass is 327 g/mol. The number of methoxy groups -OCH3 is 1. The molecule has 24 heavy (non-hydrogen) atoms. The van der Waals surface area contributed by atoms with Crippen LogP contribution < -0.4 is 5.32 Å². The first-order valence-electron chi connectivity index (χ1n) is 8.00. The van der Waals surface area contributed by atoms with Gasteiger partial charge in [0, 0.05) is 51.2 Å². The van der Waals surface area contributed by atoms with Crippen molar-refractivity contribution in [2.75, 3.05) is 27.2 Å². The molecule has 1 aliphatic rings. The molecule has 0 spiro atoms. The van der Waals surface area contributed by atoms with Crippen LogP contribution in [0.4, 0.5) is 0 Å². The van der Waals surface area contributed by atoms with Crippen LogP contribution in [-0.4, -0.2) is 55.0 Å². The van der Waals surface area contributed by atoms with Gasteiger partial charge >= 0.3 is 0 Å². The van der Waals surface area contributed by atoms with Gasteiger partial charge in [0.15, 0.2) is 0 Å². The molecule has 126 valence electrons. The Bertz CT molecular complexity index is 762. The molecule has 2 amide bonds. The second-order valence-electron chi connectivity index (χ2n) is 6.04. The fourth-order valence-corrected chi connectivity index (χ4v) is 3.18. The van der Waals surface area contributed by atoms with Crippen molar-refractivity contribution in [2.45, 2.75) is 12.5 Å². The van der Waals surface area contributed by atoms with Gasteiger partial charge in [-0.05, 0) is 12.1 Å². The Kier molecular flexibility index (Phi) is 4.76. The molecule has 0 aliphatic carbocycles. The number of aromatic nitrogens is 1. The molecule has 0 radical (unpaired) electrons. The fraction of sp³-hybridized carbons (Fsp3) is 0.389. The highest BCUT2D eigenvalue weighted by molar-refractivity contribution is 5.97. The van der Waals surface area contributed by atoms with Gasteiger partial charge in [0.25, 0.3) is 5.91 Å². The summed E-state index contributed by atoms with van der Waals surface area (Å²) in [5.41, 5.74) is 1.42. The predicted molar refractivity (Wildman–Crippen MR) is 90.6 cm³/mol. The number of rotatable bonds is 4. The number of benzene rings is 1. The molecular weight excluding hydrogens is 306 g/mol. The summed E-state index contributed by atoms with van der Waals surface area (Å²) in [7, 11) is 3.23. The van der Waals surface area contributed by atoms with Crippen molar-refractivity contribution in [1.82, 2.24) is 15.2 Å². The fourth-order valence-electron chi connectivity index (χ4n) is 3.18. The number of hydrogen-bond acceptors (Lipinski definition) is 4. The SMILES string of the molecule is CNC(=O)C[C@@H]1CN(C(=O)c2cnc3ccccc3c2)C[C@@H]1OC. The summed E-state index contributed by atoms with van der Waals surface area (Å²) in [5, 5.41) is 3.56. The van der Waals surface area contributed by atoms with Crippen LogP contribution in [0, 0.1) is 5.92 Å². The predicted octanol–water partition coefficient (Wildman–Crippen LogP) is 1.46. The first kappa shape index (κ1) is 16.4. The molecule has 6 heteroatoms. The van der Waals surface area contributed by atoms with E-state index in [0.717, 1.165) is 10.9 Å². The lowest BCUT2D eigenvalue weighted by Crippen LogP contribution is -2.30. The zero-order chi connectivity index (χ0) is 17.1. The Morgan fingerprint density at radius 3 is 2.88 bits per heavy atom. The van der Waals surface area contributed by atoms with Gasteiger partial charge in [-0.25, -0.2) is 0 Å². The number of pyridine rings is 1. The summed E-state index contributed by atoms with van der Waals surface area (Å²) in [4.78, 5) is 30.5. The second kappa shape index (κ2) is 6.97. The number of nitrogens with one attached hydrogen (secondary N) is 1. The van der Waals surface area contributed by atoms with E-state index in [2.05, 4.69) is 10.3 Å². The third kappa shape index (κ3) is 3.23. The van der Waals surface area contributed by atoms with Crippen molar-refractivity contribution in [3.63, 3.8) is 0 Å². The van der Waals surface area contributed by atoms with E-state index in [4.69, 9.17) is 4.74 Å². The highest BCUT2D eigenvalue weighted by Crippen LogP contribution is 2.25. The average Bonchev–Trinajstić information content (AvgIpc) is 3.03. The summed E-state index contributed by atoms with van der Waals surface area (Å²) >= 11 is 0. The van der Waals surface area contributed by atoms with Crippen LogP contribution in [-0.2, 0) is 9.53 Å². The standard InChI is InChI=1S/C18H21N3O3/c1-19-17(22)8-14-10-21(11-16(14)24-2)18(23)13-7-12-5-3-4-6-15(12)20-9-13/h3-7,9,14,16H,8,10-11H2,1-2H3,(H,19,22)/t14-,16+/m1/s1. The molecule has 1 N–H and O–H groups in total. The van der Waals surface area contributed by atoms with Gasteiger partial charge in [-0.1, -0.05) is 18.2 Å². The van der Waals surface area contributed by atoms with E-state index >= 15 is 0 Å². The Morgan fingerprint density at radius 2 is 2.12 bits per heavy atom. The lowest BCUT2D eigenvalue weighted by atomic mass is 10.0. The lowest BCUT2D eigenvalue weighted by Gasteiger charge is -2.16. The van der Waals surface area contributed by atoms with Crippen molar-refractivity contribution in [2.24, 2.45) is 5.92 Å². The van der Waals surface area contributed by atoms with Gasteiger partial charge in [-0.15, -0.1) is 0 Å². The van der Waals surface area contributed by atoms with Crippen molar-refractivity contribution in [1.29, 1.82) is 0 Å². The smallest absolute Gasteiger partial charge is 0.255 e. The largest absolute Gasteiger partial charge is 0.379 e. The number of ether oxygens (including phenoxy) is 1. The van der Waals surface area contributed by atoms with E-state index in [1.165, 1.54) is 0 Å². The van der Waals surface area contributed by atoms with Gasteiger partial charge in [-0.2, -0.15) is 0 Å². The lowest BCUT2D eigenvalue weighted by molar-refractivity contribution is -0.122. The van der Waals surface area contributed by atoms with Gasteiger partial charge in [0.1, 0.15) is 0 Å². The van der Waals surface area contributed by atoms with E-state index < -0.39 is 0 Å². The van der Waals surface area contributed by atoms with Crippen molar-refractivity contribution < 1.29 is 14.3 Å². The maximum absolute atomic E-state index is 12.8. The number of carbonyl (C=O) groups excluding carboxylic acids is 2. The van der Waals surface area contributed by atoms with Gasteiger partial charge in [0.2, 0.25) is 5.91 Å². The van der Waals surface area contributed by atoms with Crippen LogP contribution in [0.5, 0.6) is 0 Å². The van der Waals surface area contributed by atoms with Crippen molar-refractivity contribution >= 4 is 22.7 Å². The molecule has 1 fully saturated rings. The molecule has 2 atom stereocenters. The summed E-state index contributed by atoms with van der Waals surface area (Å²) in [6, 6.07) is 9.56. The minimum Gasteiger partial charge on any atom is -0.379 e. The zero-order valence-corrected chi connectivity index (χ0v) is 13.9. The quantitative estimate of drug-likeness (QED) is 0.923. The number of nitrogens with zero attached hydrogens (tertiary/aromatic N) is 2. The summed E-state index contributed by atoms with van der Waals surface area (Å²) in [5.74, 6) is -0.106. The molecule has 1 saturated heterocycles. The number of carbonyl (C=O) groups is 2. The first-order chi connectivity index (χ1) is 11.6. The minimum absolute atomic E-state index is 0.00677. The number of hydrogen-bond donors (Lipinski definition) is 1. The van der Waals surface area contributed by atoms with Crippen molar-refractivity contribution in [3.8, 4) is 0 Å². The number of likely N-dealkylation sites (tertiary alicyclic amines) is 1. The summed E-state index contributed by atoms with van der Waals surface area (Å²) < 4.78 is 5.47. The topological polar surface area (TPSA) is 71.5 Å². The molecule has 1 aromatic heterocycles. The first-order valence-corrected chi connectivity index (χ1v) is 8.00. The number of amides is 2. The Morgan fingerprint density at radius 1 is 1.33 bits per heavy atom. The Balaban J connectivity index is 1.77. The number of fused-ring (bicyclic) bond motifs is 1. The molecular formula is C18H21N3O3. The highest BCUT2D eigenvalue weighted by Gasteiger charge is 2.36. The van der Waals surface area contributed by atoms with E-state index in [0.29, 0.717) is 25.1 Å². The van der Waals surface area contributed by atoms with Crippen LogP contribution in [0.3, 0.4) is 0 Å². The van der Waals surface area contributed by atoms with E-state index in [9.17, 15) is 9.59 Å². The molecule has 0 bridgehead atoms. The molecule has 2 aromatic rings. The summed E-state index contributed by atoms with van der Waals surface area (Å²) in [6.07, 6.45) is 1.84. The van der Waals surface area contributed by atoms with E-state index in [-0.39, 0.29) is 23.8 Å². The Hall–Kier alpha value is -2.47. The third-order valence-corrected chi connectivity index (χ3v) is 4.53. The molecule has 1 aliphatic heterocycles.